The van der Waals surface area contributed by atoms with Crippen LogP contribution >= 0.6 is 22.9 Å². The second kappa shape index (κ2) is 8.41. The highest BCUT2D eigenvalue weighted by atomic mass is 35.5. The molecule has 9 heteroatoms. The average molecular weight is 462 g/mol. The van der Waals surface area contributed by atoms with E-state index in [4.69, 9.17) is 11.6 Å². The van der Waals surface area contributed by atoms with Gasteiger partial charge in [0.1, 0.15) is 0 Å². The number of nitrogens with one attached hydrogen (secondary N) is 2. The van der Waals surface area contributed by atoms with Gasteiger partial charge in [-0.1, -0.05) is 59.3 Å². The monoisotopic (exact) mass is 461 g/mol. The number of benzene rings is 3. The van der Waals surface area contributed by atoms with Crippen molar-refractivity contribution < 1.29 is 4.79 Å². The Kier molecular flexibility index (Phi) is 5.30. The van der Waals surface area contributed by atoms with Crippen LogP contribution in [0.2, 0.25) is 5.02 Å². The van der Waals surface area contributed by atoms with Gasteiger partial charge < -0.3 is 10.6 Å². The summed E-state index contributed by atoms with van der Waals surface area (Å²) in [5, 5.41) is 11.9. The highest BCUT2D eigenvalue weighted by molar-refractivity contribution is 7.20. The van der Waals surface area contributed by atoms with E-state index in [1.807, 2.05) is 48.5 Å². The Morgan fingerprint density at radius 2 is 1.81 bits per heavy atom. The smallest absolute Gasteiger partial charge is 0.283 e. The van der Waals surface area contributed by atoms with Gasteiger partial charge in [-0.15, -0.1) is 5.10 Å². The van der Waals surface area contributed by atoms with Gasteiger partial charge in [0, 0.05) is 22.8 Å². The minimum Gasteiger partial charge on any atom is -0.348 e. The van der Waals surface area contributed by atoms with E-state index in [0.29, 0.717) is 38.1 Å². The number of anilines is 2. The molecule has 32 heavy (non-hydrogen) atoms. The summed E-state index contributed by atoms with van der Waals surface area (Å²) < 4.78 is 1.27. The second-order valence-electron chi connectivity index (χ2n) is 7.02. The van der Waals surface area contributed by atoms with Crippen LogP contribution in [-0.2, 0) is 6.54 Å². The Morgan fingerprint density at radius 1 is 1.03 bits per heavy atom. The van der Waals surface area contributed by atoms with Gasteiger partial charge in [0.2, 0.25) is 10.1 Å². The van der Waals surface area contributed by atoms with Gasteiger partial charge in [0.25, 0.3) is 11.5 Å². The van der Waals surface area contributed by atoms with Crippen molar-refractivity contribution in [3.8, 4) is 0 Å². The van der Waals surface area contributed by atoms with Gasteiger partial charge in [-0.05, 0) is 42.0 Å². The van der Waals surface area contributed by atoms with Crippen LogP contribution in [0.4, 0.5) is 10.8 Å². The Balaban J connectivity index is 1.44. The number of fused-ring (bicyclic) bond motifs is 2. The van der Waals surface area contributed by atoms with Crippen LogP contribution in [0, 0.1) is 0 Å². The predicted molar refractivity (Wildman–Crippen MR) is 127 cm³/mol. The van der Waals surface area contributed by atoms with E-state index >= 15 is 0 Å². The van der Waals surface area contributed by atoms with Crippen LogP contribution in [0.25, 0.3) is 15.9 Å². The lowest BCUT2D eigenvalue weighted by atomic mass is 10.1. The van der Waals surface area contributed by atoms with Crippen LogP contribution in [0.3, 0.4) is 0 Å². The molecule has 1 amide bonds. The van der Waals surface area contributed by atoms with Crippen molar-refractivity contribution in [3.63, 3.8) is 0 Å². The van der Waals surface area contributed by atoms with E-state index in [1.165, 1.54) is 15.9 Å². The van der Waals surface area contributed by atoms with Gasteiger partial charge in [0.15, 0.2) is 0 Å². The number of rotatable bonds is 5. The van der Waals surface area contributed by atoms with E-state index in [1.54, 1.807) is 24.3 Å². The third-order valence-corrected chi connectivity index (χ3v) is 6.07. The number of carbonyl (C=O) groups is 1. The molecule has 158 valence electrons. The highest BCUT2D eigenvalue weighted by Gasteiger charge is 2.14. The maximum atomic E-state index is 12.9. The van der Waals surface area contributed by atoms with Crippen molar-refractivity contribution in [2.75, 3.05) is 5.32 Å². The van der Waals surface area contributed by atoms with Crippen LogP contribution in [0.5, 0.6) is 0 Å². The van der Waals surface area contributed by atoms with Crippen molar-refractivity contribution in [2.45, 2.75) is 6.54 Å². The molecular weight excluding hydrogens is 446 g/mol. The Hall–Kier alpha value is -3.75. The van der Waals surface area contributed by atoms with Crippen molar-refractivity contribution in [3.05, 3.63) is 99.3 Å². The summed E-state index contributed by atoms with van der Waals surface area (Å²) >= 11 is 7.41. The lowest BCUT2D eigenvalue weighted by Gasteiger charge is -2.07. The van der Waals surface area contributed by atoms with Crippen LogP contribution in [0.15, 0.2) is 77.6 Å². The Bertz CT molecular complexity index is 1510. The maximum absolute atomic E-state index is 12.9. The zero-order chi connectivity index (χ0) is 22.1. The molecule has 0 atom stereocenters. The van der Waals surface area contributed by atoms with E-state index in [0.717, 1.165) is 11.3 Å². The molecule has 0 aliphatic heterocycles. The summed E-state index contributed by atoms with van der Waals surface area (Å²) in [6.07, 6.45) is 0. The number of aromatic nitrogens is 3. The first-order valence-electron chi connectivity index (χ1n) is 9.76. The second-order valence-corrected chi connectivity index (χ2v) is 8.38. The van der Waals surface area contributed by atoms with Crippen LogP contribution < -0.4 is 16.2 Å². The molecule has 5 aromatic rings. The van der Waals surface area contributed by atoms with Gasteiger partial charge in [-0.2, -0.15) is 4.52 Å². The molecule has 0 radical (unpaired) electrons. The zero-order valence-electron chi connectivity index (χ0n) is 16.6. The van der Waals surface area contributed by atoms with Crippen molar-refractivity contribution in [1.29, 1.82) is 0 Å². The molecule has 0 spiro atoms. The quantitative estimate of drug-likeness (QED) is 0.398. The maximum Gasteiger partial charge on any atom is 0.283 e. The van der Waals surface area contributed by atoms with Gasteiger partial charge in [0.05, 0.1) is 10.9 Å². The Labute approximate surface area is 191 Å². The molecule has 0 aliphatic rings. The molecule has 5 rings (SSSR count). The average Bonchev–Trinajstić information content (AvgIpc) is 3.21. The summed E-state index contributed by atoms with van der Waals surface area (Å²) in [6.45, 7) is 0.301. The lowest BCUT2D eigenvalue weighted by molar-refractivity contribution is 0.0951. The molecule has 0 unspecified atom stereocenters. The molecule has 2 heterocycles. The summed E-state index contributed by atoms with van der Waals surface area (Å²) in [4.78, 5) is 30.5. The first-order valence-corrected chi connectivity index (χ1v) is 11.0. The van der Waals surface area contributed by atoms with Crippen molar-refractivity contribution in [2.24, 2.45) is 0 Å². The van der Waals surface area contributed by atoms with Gasteiger partial charge in [-0.3, -0.25) is 9.59 Å². The fourth-order valence-electron chi connectivity index (χ4n) is 3.26. The fraction of sp³-hybridized carbons (Fsp3) is 0.0435. The topological polar surface area (TPSA) is 88.4 Å². The molecule has 0 saturated carbocycles. The summed E-state index contributed by atoms with van der Waals surface area (Å²) in [7, 11) is 0. The van der Waals surface area contributed by atoms with Gasteiger partial charge >= 0.3 is 0 Å². The third kappa shape index (κ3) is 3.93. The number of amides is 1. The van der Waals surface area contributed by atoms with Crippen molar-refractivity contribution >= 4 is 55.5 Å². The SMILES string of the molecule is O=C(NCc1ccccc1Cl)c1ccc2c(=O)n3nc(Nc4ccccc4)sc3nc2c1. The number of hydrogen-bond donors (Lipinski definition) is 2. The molecule has 2 aromatic heterocycles. The first-order chi connectivity index (χ1) is 15.6. The molecule has 0 aliphatic carbocycles. The largest absolute Gasteiger partial charge is 0.348 e. The molecule has 0 bridgehead atoms. The fourth-order valence-corrected chi connectivity index (χ4v) is 4.29. The molecule has 0 saturated heterocycles. The molecular formula is C23H16ClN5O2S. The molecule has 7 nitrogen and oxygen atoms in total. The number of para-hydroxylation sites is 1. The highest BCUT2D eigenvalue weighted by Crippen LogP contribution is 2.23. The number of carbonyl (C=O) groups excluding carboxylic acids is 1. The molecule has 2 N–H and O–H groups in total. The van der Waals surface area contributed by atoms with E-state index in [2.05, 4.69) is 20.7 Å². The van der Waals surface area contributed by atoms with E-state index in [-0.39, 0.29) is 11.5 Å². The zero-order valence-corrected chi connectivity index (χ0v) is 18.2. The van der Waals surface area contributed by atoms with Crippen LogP contribution in [-0.4, -0.2) is 20.5 Å². The van der Waals surface area contributed by atoms with E-state index < -0.39 is 0 Å². The number of hydrogen-bond acceptors (Lipinski definition) is 6. The summed E-state index contributed by atoms with van der Waals surface area (Å²) in [6, 6.07) is 21.7. The van der Waals surface area contributed by atoms with E-state index in [9.17, 15) is 9.59 Å². The Morgan fingerprint density at radius 3 is 2.62 bits per heavy atom. The number of nitrogens with zero attached hydrogens (tertiary/aromatic N) is 3. The summed E-state index contributed by atoms with van der Waals surface area (Å²) in [5.41, 5.74) is 2.25. The standard InChI is InChI=1S/C23H16ClN5O2S/c24-18-9-5-4-6-15(18)13-25-20(30)14-10-11-17-19(12-14)27-23-29(21(17)31)28-22(32-23)26-16-7-2-1-3-8-16/h1-12H,13H2,(H,25,30)(H,26,28). The van der Waals surface area contributed by atoms with Crippen molar-refractivity contribution in [1.82, 2.24) is 19.9 Å². The van der Waals surface area contributed by atoms with Crippen LogP contribution in [0.1, 0.15) is 15.9 Å². The normalized spacial score (nSPS) is 11.0. The molecule has 0 fully saturated rings. The molecule has 3 aromatic carbocycles. The lowest BCUT2D eigenvalue weighted by Crippen LogP contribution is -2.23. The minimum atomic E-state index is -0.287. The third-order valence-electron chi connectivity index (χ3n) is 4.88. The first kappa shape index (κ1) is 20.2. The minimum absolute atomic E-state index is 0.274. The predicted octanol–water partition coefficient (Wildman–Crippen LogP) is 4.63. The van der Waals surface area contributed by atoms with Gasteiger partial charge in [-0.25, -0.2) is 4.98 Å². The number of halogens is 1. The summed E-state index contributed by atoms with van der Waals surface area (Å²) in [5.74, 6) is -0.274.